The van der Waals surface area contributed by atoms with Gasteiger partial charge in [0.25, 0.3) is 0 Å². The Kier molecular flexibility index (Phi) is 2.19. The van der Waals surface area contributed by atoms with Crippen LogP contribution < -0.4 is 5.73 Å². The lowest BCUT2D eigenvalue weighted by Gasteiger charge is -2.23. The van der Waals surface area contributed by atoms with Crippen LogP contribution in [-0.2, 0) is 5.60 Å². The zero-order chi connectivity index (χ0) is 10.2. The molecule has 0 bridgehead atoms. The molecule has 0 aliphatic heterocycles. The van der Waals surface area contributed by atoms with Gasteiger partial charge < -0.3 is 10.8 Å². The first kappa shape index (κ1) is 9.46. The van der Waals surface area contributed by atoms with Crippen LogP contribution in [-0.4, -0.2) is 10.1 Å². The van der Waals surface area contributed by atoms with E-state index in [1.807, 2.05) is 12.1 Å². The van der Waals surface area contributed by atoms with Crippen LogP contribution in [0.2, 0.25) is 0 Å². The maximum atomic E-state index is 10.4. The molecule has 0 aromatic carbocycles. The van der Waals surface area contributed by atoms with Gasteiger partial charge in [-0.05, 0) is 31.2 Å². The van der Waals surface area contributed by atoms with E-state index in [0.29, 0.717) is 11.7 Å². The number of anilines is 1. The number of nitrogens with zero attached hydrogens (tertiary/aromatic N) is 1. The van der Waals surface area contributed by atoms with Gasteiger partial charge in [-0.3, -0.25) is 0 Å². The van der Waals surface area contributed by atoms with Gasteiger partial charge in [-0.25, -0.2) is 4.98 Å². The molecule has 0 saturated heterocycles. The Morgan fingerprint density at radius 3 is 3.00 bits per heavy atom. The maximum Gasteiger partial charge on any atom is 0.129 e. The van der Waals surface area contributed by atoms with E-state index in [2.05, 4.69) is 11.9 Å². The number of nitrogen functional groups attached to an aromatic ring is 1. The highest BCUT2D eigenvalue weighted by molar-refractivity contribution is 5.43. The average molecular weight is 192 g/mol. The fourth-order valence-electron chi connectivity index (χ4n) is 2.32. The third-order valence-corrected chi connectivity index (χ3v) is 3.08. The number of hydrogen-bond donors (Lipinski definition) is 2. The molecule has 0 spiro atoms. The van der Waals surface area contributed by atoms with Gasteiger partial charge >= 0.3 is 0 Å². The first-order valence-electron chi connectivity index (χ1n) is 5.05. The monoisotopic (exact) mass is 192 g/mol. The Balaban J connectivity index is 2.35. The van der Waals surface area contributed by atoms with Crippen LogP contribution >= 0.6 is 0 Å². The van der Waals surface area contributed by atoms with Crippen LogP contribution in [0.3, 0.4) is 0 Å². The summed E-state index contributed by atoms with van der Waals surface area (Å²) in [4.78, 5) is 4.01. The van der Waals surface area contributed by atoms with Gasteiger partial charge in [0, 0.05) is 11.8 Å². The molecule has 1 aromatic rings. The highest BCUT2D eigenvalue weighted by Gasteiger charge is 2.38. The normalized spacial score (nSPS) is 32.0. The molecule has 1 aliphatic carbocycles. The number of hydrogen-bond acceptors (Lipinski definition) is 3. The molecule has 1 aromatic heterocycles. The number of nitrogens with two attached hydrogens (primary N) is 1. The van der Waals surface area contributed by atoms with Crippen LogP contribution in [0.15, 0.2) is 18.3 Å². The Bertz CT molecular complexity index is 340. The molecule has 3 N–H and O–H groups in total. The van der Waals surface area contributed by atoms with Crippen molar-refractivity contribution in [3.05, 3.63) is 23.9 Å². The summed E-state index contributed by atoms with van der Waals surface area (Å²) in [7, 11) is 0. The Labute approximate surface area is 84.0 Å². The minimum absolute atomic E-state index is 0.462. The van der Waals surface area contributed by atoms with Crippen LogP contribution in [0.1, 0.15) is 31.7 Å². The molecule has 0 radical (unpaired) electrons. The van der Waals surface area contributed by atoms with Crippen LogP contribution in [0.5, 0.6) is 0 Å². The summed E-state index contributed by atoms with van der Waals surface area (Å²) >= 11 is 0. The third kappa shape index (κ3) is 1.48. The van der Waals surface area contributed by atoms with Gasteiger partial charge in [0.2, 0.25) is 0 Å². The van der Waals surface area contributed by atoms with Crippen molar-refractivity contribution in [2.24, 2.45) is 5.92 Å². The maximum absolute atomic E-state index is 10.4. The van der Waals surface area contributed by atoms with Crippen molar-refractivity contribution in [2.75, 3.05) is 5.73 Å². The topological polar surface area (TPSA) is 59.1 Å². The SMILES string of the molecule is CC1CCC(O)(c2cccnc2N)C1. The van der Waals surface area contributed by atoms with Gasteiger partial charge in [-0.1, -0.05) is 13.0 Å². The second-order valence-electron chi connectivity index (χ2n) is 4.32. The molecule has 3 heteroatoms. The number of aliphatic hydroxyl groups is 1. The molecule has 1 saturated carbocycles. The minimum atomic E-state index is -0.738. The highest BCUT2D eigenvalue weighted by atomic mass is 16.3. The molecule has 76 valence electrons. The lowest BCUT2D eigenvalue weighted by atomic mass is 9.92. The van der Waals surface area contributed by atoms with E-state index in [0.717, 1.165) is 24.8 Å². The van der Waals surface area contributed by atoms with E-state index in [1.165, 1.54) is 0 Å². The van der Waals surface area contributed by atoms with Gasteiger partial charge in [0.15, 0.2) is 0 Å². The lowest BCUT2D eigenvalue weighted by Crippen LogP contribution is -2.23. The molecule has 0 amide bonds. The van der Waals surface area contributed by atoms with Crippen LogP contribution in [0.25, 0.3) is 0 Å². The third-order valence-electron chi connectivity index (χ3n) is 3.08. The van der Waals surface area contributed by atoms with Crippen molar-refractivity contribution in [2.45, 2.75) is 31.8 Å². The fraction of sp³-hybridized carbons (Fsp3) is 0.545. The van der Waals surface area contributed by atoms with E-state index >= 15 is 0 Å². The molecule has 2 atom stereocenters. The summed E-state index contributed by atoms with van der Waals surface area (Å²) in [5, 5.41) is 10.4. The Morgan fingerprint density at radius 1 is 1.64 bits per heavy atom. The second-order valence-corrected chi connectivity index (χ2v) is 4.32. The van der Waals surface area contributed by atoms with E-state index in [1.54, 1.807) is 6.20 Å². The zero-order valence-corrected chi connectivity index (χ0v) is 8.40. The summed E-state index contributed by atoms with van der Waals surface area (Å²) in [5.41, 5.74) is 5.82. The molecule has 2 rings (SSSR count). The number of pyridine rings is 1. The summed E-state index contributed by atoms with van der Waals surface area (Å²) in [6.45, 7) is 2.16. The summed E-state index contributed by atoms with van der Waals surface area (Å²) < 4.78 is 0. The minimum Gasteiger partial charge on any atom is -0.385 e. The quantitative estimate of drug-likeness (QED) is 0.711. The van der Waals surface area contributed by atoms with Crippen LogP contribution in [0.4, 0.5) is 5.82 Å². The molecule has 3 nitrogen and oxygen atoms in total. The largest absolute Gasteiger partial charge is 0.385 e. The van der Waals surface area contributed by atoms with E-state index in [4.69, 9.17) is 5.73 Å². The van der Waals surface area contributed by atoms with E-state index < -0.39 is 5.60 Å². The van der Waals surface area contributed by atoms with Crippen molar-refractivity contribution >= 4 is 5.82 Å². The smallest absolute Gasteiger partial charge is 0.129 e. The van der Waals surface area contributed by atoms with Gasteiger partial charge in [0.1, 0.15) is 5.82 Å². The molecule has 1 aliphatic rings. The van der Waals surface area contributed by atoms with E-state index in [-0.39, 0.29) is 0 Å². The second kappa shape index (κ2) is 3.24. The Morgan fingerprint density at radius 2 is 2.43 bits per heavy atom. The fourth-order valence-corrected chi connectivity index (χ4v) is 2.32. The van der Waals surface area contributed by atoms with Gasteiger partial charge in [0.05, 0.1) is 5.60 Å². The zero-order valence-electron chi connectivity index (χ0n) is 8.40. The Hall–Kier alpha value is -1.09. The van der Waals surface area contributed by atoms with Gasteiger partial charge in [-0.15, -0.1) is 0 Å². The first-order valence-corrected chi connectivity index (χ1v) is 5.05. The molecule has 1 fully saturated rings. The average Bonchev–Trinajstić information content (AvgIpc) is 2.48. The molecule has 2 unspecified atom stereocenters. The number of rotatable bonds is 1. The molecular weight excluding hydrogens is 176 g/mol. The van der Waals surface area contributed by atoms with Crippen molar-refractivity contribution < 1.29 is 5.11 Å². The molecule has 14 heavy (non-hydrogen) atoms. The van der Waals surface area contributed by atoms with Gasteiger partial charge in [-0.2, -0.15) is 0 Å². The summed E-state index contributed by atoms with van der Waals surface area (Å²) in [6, 6.07) is 3.70. The van der Waals surface area contributed by atoms with E-state index in [9.17, 15) is 5.11 Å². The standard InChI is InChI=1S/C11H16N2O/c1-8-4-5-11(14,7-8)9-3-2-6-13-10(9)12/h2-3,6,8,14H,4-5,7H2,1H3,(H2,12,13). The van der Waals surface area contributed by atoms with Crippen molar-refractivity contribution in [1.82, 2.24) is 4.98 Å². The number of aromatic nitrogens is 1. The lowest BCUT2D eigenvalue weighted by molar-refractivity contribution is 0.0413. The predicted molar refractivity (Wildman–Crippen MR) is 55.6 cm³/mol. The molecular formula is C11H16N2O. The highest BCUT2D eigenvalue weighted by Crippen LogP contribution is 2.43. The van der Waals surface area contributed by atoms with Crippen molar-refractivity contribution in [3.8, 4) is 0 Å². The summed E-state index contributed by atoms with van der Waals surface area (Å²) in [5.74, 6) is 1.03. The van der Waals surface area contributed by atoms with Crippen molar-refractivity contribution in [3.63, 3.8) is 0 Å². The first-order chi connectivity index (χ1) is 6.62. The molecule has 1 heterocycles. The van der Waals surface area contributed by atoms with Crippen LogP contribution in [0, 0.1) is 5.92 Å². The predicted octanol–water partition coefficient (Wildman–Crippen LogP) is 1.67. The van der Waals surface area contributed by atoms with Crippen molar-refractivity contribution in [1.29, 1.82) is 0 Å². The summed E-state index contributed by atoms with van der Waals surface area (Å²) in [6.07, 6.45) is 4.30.